The maximum atomic E-state index is 12.2. The lowest BCUT2D eigenvalue weighted by atomic mass is 10.2. The number of carbonyl (C=O) groups is 2. The molecule has 1 aromatic heterocycles. The second-order valence-electron chi connectivity index (χ2n) is 5.21. The molecular weight excluding hydrogens is 310 g/mol. The molecule has 2 rings (SSSR count). The average molecular weight is 331 g/mol. The van der Waals surface area contributed by atoms with Crippen LogP contribution >= 0.6 is 0 Å². The van der Waals surface area contributed by atoms with Crippen LogP contribution in [0.4, 0.5) is 5.82 Å². The van der Waals surface area contributed by atoms with Gasteiger partial charge in [-0.1, -0.05) is 12.1 Å². The quantitative estimate of drug-likeness (QED) is 0.813. The van der Waals surface area contributed by atoms with Gasteiger partial charge in [0.25, 0.3) is 11.8 Å². The van der Waals surface area contributed by atoms with E-state index in [0.717, 1.165) is 0 Å². The smallest absolute Gasteiger partial charge is 0.266 e. The minimum Gasteiger partial charge on any atom is -0.481 e. The highest BCUT2D eigenvalue weighted by Crippen LogP contribution is 2.16. The molecule has 0 bridgehead atoms. The molecule has 7 nitrogen and oxygen atoms in total. The summed E-state index contributed by atoms with van der Waals surface area (Å²) < 4.78 is 10.6. The van der Waals surface area contributed by atoms with E-state index in [1.54, 1.807) is 37.3 Å². The highest BCUT2D eigenvalue weighted by molar-refractivity contribution is 5.94. The molecule has 1 unspecified atom stereocenters. The Morgan fingerprint density at radius 2 is 1.96 bits per heavy atom. The predicted octanol–water partition coefficient (Wildman–Crippen LogP) is 2.53. The number of aromatic nitrogens is 1. The number of benzene rings is 1. The Morgan fingerprint density at radius 1 is 1.25 bits per heavy atom. The predicted molar refractivity (Wildman–Crippen MR) is 89.0 cm³/mol. The zero-order valence-corrected chi connectivity index (χ0v) is 14.0. The van der Waals surface area contributed by atoms with E-state index >= 15 is 0 Å². The summed E-state index contributed by atoms with van der Waals surface area (Å²) in [5, 5.41) is 9.09. The van der Waals surface area contributed by atoms with Crippen LogP contribution in [0.25, 0.3) is 0 Å². The van der Waals surface area contributed by atoms with Crippen LogP contribution in [0.5, 0.6) is 5.75 Å². The van der Waals surface area contributed by atoms with Crippen molar-refractivity contribution in [2.24, 2.45) is 0 Å². The molecule has 1 atom stereocenters. The van der Waals surface area contributed by atoms with Crippen LogP contribution in [-0.2, 0) is 4.79 Å². The Hall–Kier alpha value is -2.83. The van der Waals surface area contributed by atoms with Crippen LogP contribution in [-0.4, -0.2) is 29.6 Å². The van der Waals surface area contributed by atoms with Crippen LogP contribution in [0.1, 0.15) is 36.4 Å². The number of hydrogen-bond donors (Lipinski definition) is 2. The summed E-state index contributed by atoms with van der Waals surface area (Å²) in [4.78, 5) is 24.0. The minimum atomic E-state index is -0.669. The first kappa shape index (κ1) is 17.5. The molecule has 24 heavy (non-hydrogen) atoms. The number of hydrogen-bond acceptors (Lipinski definition) is 5. The van der Waals surface area contributed by atoms with Gasteiger partial charge in [0.15, 0.2) is 11.9 Å². The van der Waals surface area contributed by atoms with Crippen LogP contribution in [0.3, 0.4) is 0 Å². The van der Waals surface area contributed by atoms with Crippen molar-refractivity contribution in [1.82, 2.24) is 10.5 Å². The summed E-state index contributed by atoms with van der Waals surface area (Å²) in [7, 11) is 0. The van der Waals surface area contributed by atoms with Crippen molar-refractivity contribution >= 4 is 17.6 Å². The van der Waals surface area contributed by atoms with E-state index in [1.165, 1.54) is 0 Å². The number of ether oxygens (including phenoxy) is 1. The maximum Gasteiger partial charge on any atom is 0.266 e. The molecule has 0 aliphatic heterocycles. The fourth-order valence-electron chi connectivity index (χ4n) is 2.07. The van der Waals surface area contributed by atoms with Gasteiger partial charge < -0.3 is 19.9 Å². The first-order valence-corrected chi connectivity index (χ1v) is 7.82. The molecule has 0 saturated carbocycles. The van der Waals surface area contributed by atoms with Gasteiger partial charge in [-0.3, -0.25) is 9.59 Å². The van der Waals surface area contributed by atoms with Crippen LogP contribution in [0.2, 0.25) is 0 Å². The molecule has 2 N–H and O–H groups in total. The third-order valence-electron chi connectivity index (χ3n) is 3.27. The van der Waals surface area contributed by atoms with Crippen LogP contribution in [0, 0.1) is 6.92 Å². The summed E-state index contributed by atoms with van der Waals surface area (Å²) in [6, 6.07) is 8.28. The molecule has 0 aliphatic carbocycles. The summed E-state index contributed by atoms with van der Waals surface area (Å²) in [6.45, 7) is 6.01. The highest BCUT2D eigenvalue weighted by atomic mass is 16.5. The Labute approximate surface area is 140 Å². The van der Waals surface area contributed by atoms with Crippen LogP contribution in [0.15, 0.2) is 34.9 Å². The third kappa shape index (κ3) is 4.58. The van der Waals surface area contributed by atoms with Crippen LogP contribution < -0.4 is 15.4 Å². The van der Waals surface area contributed by atoms with Gasteiger partial charge in [-0.2, -0.15) is 0 Å². The van der Waals surface area contributed by atoms with Gasteiger partial charge >= 0.3 is 0 Å². The lowest BCUT2D eigenvalue weighted by Gasteiger charge is -2.16. The summed E-state index contributed by atoms with van der Waals surface area (Å²) >= 11 is 0. The maximum absolute atomic E-state index is 12.2. The van der Waals surface area contributed by atoms with Gasteiger partial charge in [0, 0.05) is 18.2 Å². The summed E-state index contributed by atoms with van der Waals surface area (Å²) in [5.41, 5.74) is 0.541. The molecule has 0 saturated heterocycles. The van der Waals surface area contributed by atoms with Gasteiger partial charge in [-0.15, -0.1) is 0 Å². The molecule has 1 heterocycles. The van der Waals surface area contributed by atoms with Crippen molar-refractivity contribution in [3.63, 3.8) is 0 Å². The van der Waals surface area contributed by atoms with Crippen molar-refractivity contribution in [2.75, 3.05) is 11.9 Å². The third-order valence-corrected chi connectivity index (χ3v) is 3.27. The van der Waals surface area contributed by atoms with Crippen molar-refractivity contribution in [3.8, 4) is 5.75 Å². The minimum absolute atomic E-state index is 0.143. The lowest BCUT2D eigenvalue weighted by molar-refractivity contribution is -0.122. The molecular formula is C17H21N3O4. The molecule has 0 spiro atoms. The van der Waals surface area contributed by atoms with Gasteiger partial charge in [-0.05, 0) is 44.5 Å². The first-order valence-electron chi connectivity index (χ1n) is 7.82. The molecule has 0 aliphatic rings. The first-order chi connectivity index (χ1) is 11.5. The standard InChI is InChI=1S/C17H21N3O4/c1-4-14(17(22)19-15-10-11(3)24-20-15)23-13-8-6-12(7-9-13)16(21)18-5-2/h6-10,14H,4-5H2,1-3H3,(H,18,21)(H,19,20,22). The van der Waals surface area contributed by atoms with Gasteiger partial charge in [0.2, 0.25) is 0 Å². The fourth-order valence-corrected chi connectivity index (χ4v) is 2.07. The Balaban J connectivity index is 1.98. The van der Waals surface area contributed by atoms with Crippen molar-refractivity contribution in [1.29, 1.82) is 0 Å². The monoisotopic (exact) mass is 331 g/mol. The Morgan fingerprint density at radius 3 is 2.50 bits per heavy atom. The Kier molecular flexibility index (Phi) is 5.95. The molecule has 0 radical (unpaired) electrons. The number of rotatable bonds is 7. The lowest BCUT2D eigenvalue weighted by Crippen LogP contribution is -2.32. The van der Waals surface area contributed by atoms with Gasteiger partial charge in [-0.25, -0.2) is 0 Å². The highest BCUT2D eigenvalue weighted by Gasteiger charge is 2.20. The molecule has 2 amide bonds. The van der Waals surface area contributed by atoms with E-state index in [9.17, 15) is 9.59 Å². The molecule has 128 valence electrons. The number of nitrogens with zero attached hydrogens (tertiary/aromatic N) is 1. The normalized spacial score (nSPS) is 11.6. The second kappa shape index (κ2) is 8.14. The second-order valence-corrected chi connectivity index (χ2v) is 5.21. The largest absolute Gasteiger partial charge is 0.481 e. The van der Waals surface area contributed by atoms with Crippen molar-refractivity contribution in [2.45, 2.75) is 33.3 Å². The van der Waals surface area contributed by atoms with Crippen molar-refractivity contribution < 1.29 is 18.8 Å². The summed E-state index contributed by atoms with van der Waals surface area (Å²) in [5.74, 6) is 1.03. The Bertz CT molecular complexity index is 694. The number of anilines is 1. The number of amides is 2. The van der Waals surface area contributed by atoms with E-state index in [-0.39, 0.29) is 11.8 Å². The molecule has 1 aromatic carbocycles. The number of carbonyl (C=O) groups excluding carboxylic acids is 2. The number of aryl methyl sites for hydroxylation is 1. The van der Waals surface area contributed by atoms with Gasteiger partial charge in [0.05, 0.1) is 0 Å². The zero-order valence-electron chi connectivity index (χ0n) is 14.0. The SMILES string of the molecule is CCNC(=O)c1ccc(OC(CC)C(=O)Nc2cc(C)on2)cc1. The van der Waals surface area contributed by atoms with Crippen molar-refractivity contribution in [3.05, 3.63) is 41.7 Å². The molecule has 2 aromatic rings. The summed E-state index contributed by atoms with van der Waals surface area (Å²) in [6.07, 6.45) is -0.182. The van der Waals surface area contributed by atoms with Gasteiger partial charge in [0.1, 0.15) is 11.5 Å². The average Bonchev–Trinajstić information content (AvgIpc) is 2.98. The van der Waals surface area contributed by atoms with E-state index in [0.29, 0.717) is 35.9 Å². The molecule has 7 heteroatoms. The molecule has 0 fully saturated rings. The van der Waals surface area contributed by atoms with E-state index in [1.807, 2.05) is 13.8 Å². The van der Waals surface area contributed by atoms with E-state index < -0.39 is 6.10 Å². The number of nitrogens with one attached hydrogen (secondary N) is 2. The van der Waals surface area contributed by atoms with E-state index in [4.69, 9.17) is 9.26 Å². The topological polar surface area (TPSA) is 93.5 Å². The zero-order chi connectivity index (χ0) is 17.5. The fraction of sp³-hybridized carbons (Fsp3) is 0.353. The van der Waals surface area contributed by atoms with E-state index in [2.05, 4.69) is 15.8 Å².